The number of carbonyl (C=O) groups is 3. The zero-order valence-electron chi connectivity index (χ0n) is 27.7. The van der Waals surface area contributed by atoms with Gasteiger partial charge in [-0.15, -0.1) is 0 Å². The van der Waals surface area contributed by atoms with Gasteiger partial charge < -0.3 is 35.5 Å². The minimum Gasteiger partial charge on any atom is -0.453 e. The minimum atomic E-state index is -0.677. The van der Waals surface area contributed by atoms with E-state index < -0.39 is 12.1 Å². The van der Waals surface area contributed by atoms with Crippen LogP contribution >= 0.6 is 0 Å². The van der Waals surface area contributed by atoms with Crippen molar-refractivity contribution in [3.05, 3.63) is 90.4 Å². The van der Waals surface area contributed by atoms with Crippen LogP contribution in [0.1, 0.15) is 48.9 Å². The lowest BCUT2D eigenvalue weighted by Gasteiger charge is -2.29. The molecular formula is C37H43N7O4. The van der Waals surface area contributed by atoms with Gasteiger partial charge >= 0.3 is 6.09 Å². The maximum atomic E-state index is 13.5. The van der Waals surface area contributed by atoms with Gasteiger partial charge in [0, 0.05) is 61.4 Å². The molecule has 2 saturated heterocycles. The lowest BCUT2D eigenvalue weighted by atomic mass is 10.0. The molecule has 250 valence electrons. The number of aromatic amines is 1. The lowest BCUT2D eigenvalue weighted by Crippen LogP contribution is -2.51. The van der Waals surface area contributed by atoms with Gasteiger partial charge in [-0.2, -0.15) is 0 Å². The Bertz CT molecular complexity index is 1710. The zero-order valence-corrected chi connectivity index (χ0v) is 27.7. The van der Waals surface area contributed by atoms with Gasteiger partial charge in [-0.3, -0.25) is 9.59 Å². The average molecular weight is 650 g/mol. The summed E-state index contributed by atoms with van der Waals surface area (Å²) >= 11 is 0. The number of amides is 3. The quantitative estimate of drug-likeness (QED) is 0.190. The summed E-state index contributed by atoms with van der Waals surface area (Å²) in [5, 5.41) is 9.05. The first kappa shape index (κ1) is 32.8. The number of piperazine rings is 1. The number of anilines is 2. The molecule has 2 atom stereocenters. The van der Waals surface area contributed by atoms with Crippen molar-refractivity contribution in [1.29, 1.82) is 0 Å². The molecule has 4 N–H and O–H groups in total. The molecule has 2 aliphatic heterocycles. The highest BCUT2D eigenvalue weighted by molar-refractivity contribution is 6.04. The molecule has 0 aliphatic carbocycles. The van der Waals surface area contributed by atoms with E-state index >= 15 is 0 Å². The Hall–Kier alpha value is -5.16. The highest BCUT2D eigenvalue weighted by Crippen LogP contribution is 2.33. The van der Waals surface area contributed by atoms with E-state index in [1.54, 1.807) is 4.90 Å². The summed E-state index contributed by atoms with van der Waals surface area (Å²) in [6, 6.07) is 22.8. The molecule has 1 unspecified atom stereocenters. The molecule has 11 heteroatoms. The fourth-order valence-electron chi connectivity index (χ4n) is 6.38. The number of nitrogens with one attached hydrogen (secondary N) is 4. The molecule has 0 bridgehead atoms. The predicted molar refractivity (Wildman–Crippen MR) is 187 cm³/mol. The van der Waals surface area contributed by atoms with Crippen molar-refractivity contribution < 1.29 is 19.1 Å². The van der Waals surface area contributed by atoms with E-state index in [9.17, 15) is 14.4 Å². The third kappa shape index (κ3) is 7.36. The van der Waals surface area contributed by atoms with E-state index in [0.717, 1.165) is 78.6 Å². The number of benzene rings is 3. The Labute approximate surface area is 281 Å². The standard InChI is InChI=1S/C37H43N7O4/c1-24(2)33(42-37(47)48-3)36(46)44-20-4-5-32(44)34-39-23-31(41-34)27-10-6-25(7-11-27)26-8-12-28(13-9-26)35(45)40-29-14-16-30(17-15-29)43-21-18-38-19-22-43/h6-17,23-24,32-33,38H,4-5,18-22H2,1-3H3,(H,39,41)(H,40,45)(H,42,47)/t32?,33-/m0/s1. The molecule has 11 nitrogen and oxygen atoms in total. The van der Waals surface area contributed by atoms with Crippen molar-refractivity contribution in [1.82, 2.24) is 25.5 Å². The van der Waals surface area contributed by atoms with Crippen LogP contribution in [0.2, 0.25) is 0 Å². The number of aromatic nitrogens is 2. The molecule has 0 saturated carbocycles. The number of carbonyl (C=O) groups excluding carboxylic acids is 3. The van der Waals surface area contributed by atoms with Crippen LogP contribution in [0.3, 0.4) is 0 Å². The number of likely N-dealkylation sites (tertiary alicyclic amines) is 1. The third-order valence-corrected chi connectivity index (χ3v) is 9.11. The Morgan fingerprint density at radius 2 is 1.52 bits per heavy atom. The molecule has 1 aromatic heterocycles. The predicted octanol–water partition coefficient (Wildman–Crippen LogP) is 5.45. The molecule has 3 amide bonds. The summed E-state index contributed by atoms with van der Waals surface area (Å²) in [7, 11) is 1.29. The average Bonchev–Trinajstić information content (AvgIpc) is 3.82. The van der Waals surface area contributed by atoms with Crippen LogP contribution in [-0.2, 0) is 9.53 Å². The summed E-state index contributed by atoms with van der Waals surface area (Å²) in [6.07, 6.45) is 2.89. The number of hydrogen-bond acceptors (Lipinski definition) is 7. The molecule has 2 fully saturated rings. The molecule has 3 heterocycles. The number of ether oxygens (including phenoxy) is 1. The van der Waals surface area contributed by atoms with Crippen LogP contribution in [0.25, 0.3) is 22.4 Å². The maximum absolute atomic E-state index is 13.5. The van der Waals surface area contributed by atoms with Crippen LogP contribution < -0.4 is 20.9 Å². The summed E-state index contributed by atoms with van der Waals surface area (Å²) in [6.45, 7) is 8.32. The molecule has 0 spiro atoms. The second-order valence-corrected chi connectivity index (χ2v) is 12.6. The summed E-state index contributed by atoms with van der Waals surface area (Å²) in [5.74, 6) is 0.346. The monoisotopic (exact) mass is 649 g/mol. The third-order valence-electron chi connectivity index (χ3n) is 9.11. The van der Waals surface area contributed by atoms with E-state index in [0.29, 0.717) is 12.1 Å². The Morgan fingerprint density at radius 3 is 2.17 bits per heavy atom. The Morgan fingerprint density at radius 1 is 0.875 bits per heavy atom. The van der Waals surface area contributed by atoms with Gasteiger partial charge in [0.1, 0.15) is 11.9 Å². The molecular weight excluding hydrogens is 606 g/mol. The van der Waals surface area contributed by atoms with Crippen LogP contribution in [0.4, 0.5) is 16.2 Å². The largest absolute Gasteiger partial charge is 0.453 e. The van der Waals surface area contributed by atoms with Crippen molar-refractivity contribution in [2.75, 3.05) is 50.1 Å². The molecule has 2 aliphatic rings. The van der Waals surface area contributed by atoms with E-state index in [4.69, 9.17) is 9.72 Å². The van der Waals surface area contributed by atoms with Gasteiger partial charge in [0.25, 0.3) is 5.91 Å². The number of methoxy groups -OCH3 is 1. The normalized spacial score (nSPS) is 16.9. The highest BCUT2D eigenvalue weighted by atomic mass is 16.5. The van der Waals surface area contributed by atoms with Crippen molar-refractivity contribution in [2.24, 2.45) is 5.92 Å². The maximum Gasteiger partial charge on any atom is 0.407 e. The van der Waals surface area contributed by atoms with Gasteiger partial charge in [-0.25, -0.2) is 9.78 Å². The fourth-order valence-corrected chi connectivity index (χ4v) is 6.38. The molecule has 48 heavy (non-hydrogen) atoms. The molecule has 3 aromatic carbocycles. The van der Waals surface area contributed by atoms with Gasteiger partial charge in [0.15, 0.2) is 0 Å². The van der Waals surface area contributed by atoms with Crippen LogP contribution in [0, 0.1) is 5.92 Å². The number of nitrogens with zero attached hydrogens (tertiary/aromatic N) is 3. The molecule has 4 aromatic rings. The van der Waals surface area contributed by atoms with E-state index in [1.165, 1.54) is 7.11 Å². The van der Waals surface area contributed by atoms with Crippen LogP contribution in [-0.4, -0.2) is 78.7 Å². The fraction of sp³-hybridized carbons (Fsp3) is 0.351. The Balaban J connectivity index is 1.07. The number of H-pyrrole nitrogens is 1. The minimum absolute atomic E-state index is 0.0949. The first-order valence-corrected chi connectivity index (χ1v) is 16.6. The van der Waals surface area contributed by atoms with Crippen LogP contribution in [0.5, 0.6) is 0 Å². The molecule has 6 rings (SSSR count). The Kier molecular flexibility index (Phi) is 10.1. The topological polar surface area (TPSA) is 132 Å². The second kappa shape index (κ2) is 14.7. The SMILES string of the molecule is COC(=O)N[C@H](C(=O)N1CCCC1c1nc(-c2ccc(-c3ccc(C(=O)Nc4ccc(N5CCNCC5)cc4)cc3)cc2)c[nH]1)C(C)C. The number of imidazole rings is 1. The number of rotatable bonds is 9. The number of alkyl carbamates (subject to hydrolysis) is 1. The summed E-state index contributed by atoms with van der Waals surface area (Å²) < 4.78 is 4.74. The molecule has 0 radical (unpaired) electrons. The van der Waals surface area contributed by atoms with Crippen molar-refractivity contribution >= 4 is 29.3 Å². The van der Waals surface area contributed by atoms with E-state index in [1.807, 2.05) is 80.7 Å². The van der Waals surface area contributed by atoms with Gasteiger partial charge in [0.2, 0.25) is 5.91 Å². The zero-order chi connectivity index (χ0) is 33.6. The highest BCUT2D eigenvalue weighted by Gasteiger charge is 2.37. The summed E-state index contributed by atoms with van der Waals surface area (Å²) in [4.78, 5) is 50.6. The van der Waals surface area contributed by atoms with Crippen molar-refractivity contribution in [3.63, 3.8) is 0 Å². The van der Waals surface area contributed by atoms with Gasteiger partial charge in [-0.1, -0.05) is 50.2 Å². The van der Waals surface area contributed by atoms with Gasteiger partial charge in [-0.05, 0) is 66.3 Å². The number of hydrogen-bond donors (Lipinski definition) is 4. The van der Waals surface area contributed by atoms with E-state index in [-0.39, 0.29) is 23.8 Å². The second-order valence-electron chi connectivity index (χ2n) is 12.6. The van der Waals surface area contributed by atoms with Crippen molar-refractivity contribution in [3.8, 4) is 22.4 Å². The van der Waals surface area contributed by atoms with Crippen LogP contribution in [0.15, 0.2) is 79.0 Å². The first-order valence-electron chi connectivity index (χ1n) is 16.6. The lowest BCUT2D eigenvalue weighted by molar-refractivity contribution is -0.135. The van der Waals surface area contributed by atoms with Gasteiger partial charge in [0.05, 0.1) is 18.8 Å². The van der Waals surface area contributed by atoms with E-state index in [2.05, 4.69) is 38.0 Å². The first-order chi connectivity index (χ1) is 23.3. The summed E-state index contributed by atoms with van der Waals surface area (Å²) in [5.41, 5.74) is 6.28. The van der Waals surface area contributed by atoms with Crippen molar-refractivity contribution in [2.45, 2.75) is 38.8 Å². The smallest absolute Gasteiger partial charge is 0.407 e.